The highest BCUT2D eigenvalue weighted by Crippen LogP contribution is 2.38. The Morgan fingerprint density at radius 2 is 1.07 bits per heavy atom. The van der Waals surface area contributed by atoms with E-state index >= 15 is 0 Å². The zero-order chi connectivity index (χ0) is 21.0. The lowest BCUT2D eigenvalue weighted by Crippen LogP contribution is -2.18. The average Bonchev–Trinajstić information content (AvgIpc) is 2.79. The summed E-state index contributed by atoms with van der Waals surface area (Å²) >= 11 is 0. The van der Waals surface area contributed by atoms with Crippen LogP contribution in [0.15, 0.2) is 24.3 Å². The molecule has 1 aromatic rings. The van der Waals surface area contributed by atoms with Crippen LogP contribution in [0, 0.1) is 23.7 Å². The number of rotatable bonds is 12. The maximum absolute atomic E-state index is 9.42. The monoisotopic (exact) mass is 412 g/mol. The SMILES string of the molecule is CCCCCCC[C@H]1CC[C@H](CC[C@H]2CC[C@H](CCc3ccc(O)cc3)CC2)CC1. The summed E-state index contributed by atoms with van der Waals surface area (Å²) in [6.07, 6.45) is 26.3. The van der Waals surface area contributed by atoms with Gasteiger partial charge in [0.05, 0.1) is 0 Å². The Morgan fingerprint density at radius 3 is 1.60 bits per heavy atom. The largest absolute Gasteiger partial charge is 0.508 e. The molecule has 30 heavy (non-hydrogen) atoms. The van der Waals surface area contributed by atoms with Crippen molar-refractivity contribution in [3.8, 4) is 5.75 Å². The molecule has 1 nitrogen and oxygen atoms in total. The van der Waals surface area contributed by atoms with Crippen LogP contribution in [0.1, 0.15) is 122 Å². The highest BCUT2D eigenvalue weighted by Gasteiger charge is 2.24. The van der Waals surface area contributed by atoms with Crippen LogP contribution in [-0.4, -0.2) is 5.11 Å². The van der Waals surface area contributed by atoms with Crippen molar-refractivity contribution >= 4 is 0 Å². The van der Waals surface area contributed by atoms with Crippen LogP contribution < -0.4 is 0 Å². The molecule has 2 fully saturated rings. The topological polar surface area (TPSA) is 20.2 Å². The van der Waals surface area contributed by atoms with Gasteiger partial charge in [-0.25, -0.2) is 0 Å². The van der Waals surface area contributed by atoms with Gasteiger partial charge in [0.15, 0.2) is 0 Å². The molecule has 0 atom stereocenters. The normalized spacial score (nSPS) is 27.2. The van der Waals surface area contributed by atoms with Crippen LogP contribution in [0.25, 0.3) is 0 Å². The van der Waals surface area contributed by atoms with Crippen molar-refractivity contribution in [1.29, 1.82) is 0 Å². The maximum atomic E-state index is 9.42. The Hall–Kier alpha value is -0.980. The van der Waals surface area contributed by atoms with E-state index in [1.54, 1.807) is 0 Å². The fourth-order valence-corrected chi connectivity index (χ4v) is 6.16. The molecule has 1 aromatic carbocycles. The quantitative estimate of drug-likeness (QED) is 0.339. The molecule has 0 heterocycles. The zero-order valence-corrected chi connectivity index (χ0v) is 19.8. The fraction of sp³-hybridized carbons (Fsp3) is 0.793. The highest BCUT2D eigenvalue weighted by atomic mass is 16.3. The number of phenols is 1. The molecule has 0 saturated heterocycles. The van der Waals surface area contributed by atoms with Crippen LogP contribution in [0.2, 0.25) is 0 Å². The van der Waals surface area contributed by atoms with Crippen LogP contribution in [0.4, 0.5) is 0 Å². The molecule has 170 valence electrons. The van der Waals surface area contributed by atoms with Crippen molar-refractivity contribution in [3.63, 3.8) is 0 Å². The Bertz CT molecular complexity index is 546. The van der Waals surface area contributed by atoms with Crippen LogP contribution in [-0.2, 0) is 6.42 Å². The van der Waals surface area contributed by atoms with E-state index in [1.807, 2.05) is 12.1 Å². The molecule has 0 unspecified atom stereocenters. The summed E-state index contributed by atoms with van der Waals surface area (Å²) in [6.45, 7) is 2.31. The van der Waals surface area contributed by atoms with Crippen LogP contribution >= 0.6 is 0 Å². The summed E-state index contributed by atoms with van der Waals surface area (Å²) in [7, 11) is 0. The molecule has 1 N–H and O–H groups in total. The van der Waals surface area contributed by atoms with Crippen molar-refractivity contribution in [2.24, 2.45) is 23.7 Å². The van der Waals surface area contributed by atoms with Gasteiger partial charge in [0.1, 0.15) is 5.75 Å². The number of hydrogen-bond donors (Lipinski definition) is 1. The predicted molar refractivity (Wildman–Crippen MR) is 130 cm³/mol. The van der Waals surface area contributed by atoms with Gasteiger partial charge in [-0.2, -0.15) is 0 Å². The molecule has 0 bridgehead atoms. The van der Waals surface area contributed by atoms with Crippen LogP contribution in [0.3, 0.4) is 0 Å². The Balaban J connectivity index is 1.21. The van der Waals surface area contributed by atoms with Gasteiger partial charge in [0.2, 0.25) is 0 Å². The summed E-state index contributed by atoms with van der Waals surface area (Å²) in [4.78, 5) is 0. The Kier molecular flexibility index (Phi) is 10.6. The van der Waals surface area contributed by atoms with E-state index in [-0.39, 0.29) is 0 Å². The molecule has 2 aliphatic rings. The number of benzene rings is 1. The van der Waals surface area contributed by atoms with E-state index in [0.29, 0.717) is 5.75 Å². The average molecular weight is 413 g/mol. The van der Waals surface area contributed by atoms with Crippen molar-refractivity contribution in [2.75, 3.05) is 0 Å². The lowest BCUT2D eigenvalue weighted by Gasteiger charge is -2.32. The van der Waals surface area contributed by atoms with Gasteiger partial charge in [-0.05, 0) is 54.2 Å². The lowest BCUT2D eigenvalue weighted by molar-refractivity contribution is 0.208. The highest BCUT2D eigenvalue weighted by molar-refractivity contribution is 5.25. The van der Waals surface area contributed by atoms with E-state index in [4.69, 9.17) is 0 Å². The van der Waals surface area contributed by atoms with Gasteiger partial charge in [-0.1, -0.05) is 122 Å². The first-order chi connectivity index (χ1) is 14.7. The second-order valence-electron chi connectivity index (χ2n) is 10.8. The van der Waals surface area contributed by atoms with Gasteiger partial charge in [-0.3, -0.25) is 0 Å². The third-order valence-corrected chi connectivity index (χ3v) is 8.41. The van der Waals surface area contributed by atoms with Gasteiger partial charge >= 0.3 is 0 Å². The van der Waals surface area contributed by atoms with Crippen molar-refractivity contribution in [1.82, 2.24) is 0 Å². The first kappa shape index (κ1) is 23.7. The van der Waals surface area contributed by atoms with Gasteiger partial charge < -0.3 is 5.11 Å². The third-order valence-electron chi connectivity index (χ3n) is 8.41. The molecule has 0 aromatic heterocycles. The zero-order valence-electron chi connectivity index (χ0n) is 19.8. The minimum atomic E-state index is 0.384. The molecule has 1 heteroatoms. The molecule has 0 amide bonds. The van der Waals surface area contributed by atoms with E-state index in [0.717, 1.165) is 23.7 Å². The third kappa shape index (κ3) is 8.64. The molecule has 2 saturated carbocycles. The number of aromatic hydroxyl groups is 1. The fourth-order valence-electron chi connectivity index (χ4n) is 6.16. The second kappa shape index (κ2) is 13.4. The number of unbranched alkanes of at least 4 members (excludes halogenated alkanes) is 4. The molecule has 3 rings (SSSR count). The molecule has 0 spiro atoms. The number of aryl methyl sites for hydroxylation is 1. The molecular weight excluding hydrogens is 364 g/mol. The van der Waals surface area contributed by atoms with Gasteiger partial charge in [0, 0.05) is 0 Å². The van der Waals surface area contributed by atoms with Crippen molar-refractivity contribution in [3.05, 3.63) is 29.8 Å². The standard InChI is InChI=1S/C29H48O/c1-2-3-4-5-6-7-24-8-10-25(11-9-24)12-13-26-14-16-27(17-15-26)18-19-28-20-22-29(30)23-21-28/h20-27,30H,2-19H2,1H3/t24-,25-,26-,27-. The first-order valence-electron chi connectivity index (χ1n) is 13.5. The molecular formula is C29H48O. The Morgan fingerprint density at radius 1 is 0.600 bits per heavy atom. The van der Waals surface area contributed by atoms with E-state index in [1.165, 1.54) is 121 Å². The summed E-state index contributed by atoms with van der Waals surface area (Å²) in [6, 6.07) is 7.82. The summed E-state index contributed by atoms with van der Waals surface area (Å²) in [5.74, 6) is 4.45. The minimum Gasteiger partial charge on any atom is -0.508 e. The Labute approximate surface area is 187 Å². The summed E-state index contributed by atoms with van der Waals surface area (Å²) in [5.41, 5.74) is 1.38. The smallest absolute Gasteiger partial charge is 0.115 e. The van der Waals surface area contributed by atoms with E-state index in [9.17, 15) is 5.11 Å². The maximum Gasteiger partial charge on any atom is 0.115 e. The van der Waals surface area contributed by atoms with E-state index in [2.05, 4.69) is 19.1 Å². The number of phenolic OH excluding ortho intramolecular Hbond substituents is 1. The van der Waals surface area contributed by atoms with Crippen molar-refractivity contribution < 1.29 is 5.11 Å². The summed E-state index contributed by atoms with van der Waals surface area (Å²) < 4.78 is 0. The predicted octanol–water partition coefficient (Wildman–Crippen LogP) is 9.08. The lowest BCUT2D eigenvalue weighted by atomic mass is 9.74. The molecule has 2 aliphatic carbocycles. The second-order valence-corrected chi connectivity index (χ2v) is 10.8. The minimum absolute atomic E-state index is 0.384. The summed E-state index contributed by atoms with van der Waals surface area (Å²) in [5, 5.41) is 9.42. The van der Waals surface area contributed by atoms with Gasteiger partial charge in [-0.15, -0.1) is 0 Å². The van der Waals surface area contributed by atoms with Crippen molar-refractivity contribution in [2.45, 2.75) is 122 Å². The number of hydrogen-bond acceptors (Lipinski definition) is 1. The van der Waals surface area contributed by atoms with Crippen LogP contribution in [0.5, 0.6) is 5.75 Å². The molecule has 0 radical (unpaired) electrons. The van der Waals surface area contributed by atoms with Gasteiger partial charge in [0.25, 0.3) is 0 Å². The molecule has 0 aliphatic heterocycles. The van der Waals surface area contributed by atoms with E-state index < -0.39 is 0 Å². The first-order valence-corrected chi connectivity index (χ1v) is 13.5.